The first-order valence-electron chi connectivity index (χ1n) is 5.24. The Morgan fingerprint density at radius 1 is 1.59 bits per heavy atom. The molecule has 1 amide bonds. The maximum Gasteiger partial charge on any atom is 0.345 e. The van der Waals surface area contributed by atoms with Gasteiger partial charge in [0.15, 0.2) is 0 Å². The molecule has 0 spiro atoms. The number of amides is 1. The van der Waals surface area contributed by atoms with Crippen molar-refractivity contribution in [2.24, 2.45) is 5.73 Å². The zero-order chi connectivity index (χ0) is 13.0. The van der Waals surface area contributed by atoms with Crippen LogP contribution < -0.4 is 11.1 Å². The number of thiophene rings is 1. The van der Waals surface area contributed by atoms with E-state index in [4.69, 9.17) is 10.8 Å². The van der Waals surface area contributed by atoms with Gasteiger partial charge in [0.1, 0.15) is 4.88 Å². The fraction of sp³-hybridized carbons (Fsp3) is 0.455. The lowest BCUT2D eigenvalue weighted by atomic mass is 10.2. The molecule has 5 nitrogen and oxygen atoms in total. The van der Waals surface area contributed by atoms with Gasteiger partial charge in [-0.25, -0.2) is 4.79 Å². The molecular formula is C11H16N2O3S. The average Bonchev–Trinajstić information content (AvgIpc) is 2.56. The van der Waals surface area contributed by atoms with Gasteiger partial charge >= 0.3 is 5.97 Å². The molecule has 1 unspecified atom stereocenters. The van der Waals surface area contributed by atoms with Crippen LogP contribution in [0.25, 0.3) is 0 Å². The van der Waals surface area contributed by atoms with Crippen LogP contribution >= 0.6 is 11.3 Å². The van der Waals surface area contributed by atoms with Gasteiger partial charge in [0, 0.05) is 23.9 Å². The van der Waals surface area contributed by atoms with Gasteiger partial charge in [-0.2, -0.15) is 0 Å². The summed E-state index contributed by atoms with van der Waals surface area (Å²) in [7, 11) is 0. The molecule has 94 valence electrons. The summed E-state index contributed by atoms with van der Waals surface area (Å²) in [6, 6.07) is 1.65. The highest BCUT2D eigenvalue weighted by molar-refractivity contribution is 7.14. The third-order valence-electron chi connectivity index (χ3n) is 2.38. The van der Waals surface area contributed by atoms with Crippen molar-refractivity contribution in [3.63, 3.8) is 0 Å². The van der Waals surface area contributed by atoms with Crippen molar-refractivity contribution < 1.29 is 14.7 Å². The maximum atomic E-state index is 10.8. The van der Waals surface area contributed by atoms with Crippen LogP contribution in [0, 0.1) is 6.92 Å². The standard InChI is InChI=1S/C11H16N2O3S/c1-6(3-10(12)14)13-5-8-4-9(11(15)16)17-7(8)2/h4,6,13H,3,5H2,1-2H3,(H2,12,14)(H,15,16). The topological polar surface area (TPSA) is 92.4 Å². The molecule has 0 fully saturated rings. The summed E-state index contributed by atoms with van der Waals surface area (Å²) < 4.78 is 0. The Morgan fingerprint density at radius 2 is 2.24 bits per heavy atom. The summed E-state index contributed by atoms with van der Waals surface area (Å²) in [5.74, 6) is -1.26. The lowest BCUT2D eigenvalue weighted by Gasteiger charge is -2.11. The van der Waals surface area contributed by atoms with Crippen LogP contribution in [0.4, 0.5) is 0 Å². The number of nitrogens with one attached hydrogen (secondary N) is 1. The molecule has 1 aromatic rings. The van der Waals surface area contributed by atoms with Crippen LogP contribution in [0.5, 0.6) is 0 Å². The Bertz CT molecular complexity index is 428. The number of aryl methyl sites for hydroxylation is 1. The van der Waals surface area contributed by atoms with E-state index in [-0.39, 0.29) is 18.4 Å². The predicted octanol–water partition coefficient (Wildman–Crippen LogP) is 1.11. The minimum Gasteiger partial charge on any atom is -0.477 e. The number of rotatable bonds is 6. The normalized spacial score (nSPS) is 12.4. The van der Waals surface area contributed by atoms with E-state index >= 15 is 0 Å². The molecule has 0 aliphatic heterocycles. The highest BCUT2D eigenvalue weighted by Crippen LogP contribution is 2.21. The van der Waals surface area contributed by atoms with Crippen LogP contribution in [0.2, 0.25) is 0 Å². The van der Waals surface area contributed by atoms with E-state index in [0.717, 1.165) is 10.4 Å². The fourth-order valence-electron chi connectivity index (χ4n) is 1.46. The summed E-state index contributed by atoms with van der Waals surface area (Å²) in [6.45, 7) is 4.29. The second-order valence-corrected chi connectivity index (χ2v) is 5.21. The van der Waals surface area contributed by atoms with E-state index in [0.29, 0.717) is 11.4 Å². The molecule has 0 saturated heterocycles. The zero-order valence-electron chi connectivity index (χ0n) is 9.82. The number of carbonyl (C=O) groups is 2. The van der Waals surface area contributed by atoms with Gasteiger partial charge in [-0.15, -0.1) is 11.3 Å². The molecule has 6 heteroatoms. The molecule has 17 heavy (non-hydrogen) atoms. The van der Waals surface area contributed by atoms with Gasteiger partial charge in [0.2, 0.25) is 5.91 Å². The Balaban J connectivity index is 2.57. The predicted molar refractivity (Wildman–Crippen MR) is 66.1 cm³/mol. The van der Waals surface area contributed by atoms with Crippen molar-refractivity contribution in [2.45, 2.75) is 32.9 Å². The van der Waals surface area contributed by atoms with Gasteiger partial charge in [-0.05, 0) is 25.5 Å². The number of hydrogen-bond acceptors (Lipinski definition) is 4. The quantitative estimate of drug-likeness (QED) is 0.710. The van der Waals surface area contributed by atoms with Crippen LogP contribution in [0.1, 0.15) is 33.5 Å². The van der Waals surface area contributed by atoms with Crippen molar-refractivity contribution in [3.05, 3.63) is 21.4 Å². The van der Waals surface area contributed by atoms with E-state index in [1.807, 2.05) is 13.8 Å². The monoisotopic (exact) mass is 256 g/mol. The Morgan fingerprint density at radius 3 is 2.71 bits per heavy atom. The van der Waals surface area contributed by atoms with E-state index in [1.165, 1.54) is 11.3 Å². The smallest absolute Gasteiger partial charge is 0.345 e. The molecule has 0 aliphatic carbocycles. The lowest BCUT2D eigenvalue weighted by molar-refractivity contribution is -0.118. The average molecular weight is 256 g/mol. The first-order chi connectivity index (χ1) is 7.90. The number of carboxylic acid groups (broad SMARTS) is 1. The molecule has 4 N–H and O–H groups in total. The van der Waals surface area contributed by atoms with Crippen LogP contribution in [-0.2, 0) is 11.3 Å². The lowest BCUT2D eigenvalue weighted by Crippen LogP contribution is -2.30. The Hall–Kier alpha value is -1.40. The van der Waals surface area contributed by atoms with Crippen molar-refractivity contribution in [1.29, 1.82) is 0 Å². The van der Waals surface area contributed by atoms with Crippen LogP contribution in [0.3, 0.4) is 0 Å². The highest BCUT2D eigenvalue weighted by Gasteiger charge is 2.12. The van der Waals surface area contributed by atoms with E-state index < -0.39 is 5.97 Å². The number of hydrogen-bond donors (Lipinski definition) is 3. The molecule has 1 heterocycles. The SMILES string of the molecule is Cc1sc(C(=O)O)cc1CNC(C)CC(N)=O. The highest BCUT2D eigenvalue weighted by atomic mass is 32.1. The minimum atomic E-state index is -0.908. The number of aromatic carboxylic acids is 1. The second-order valence-electron chi connectivity index (χ2n) is 3.95. The molecule has 0 radical (unpaired) electrons. The number of primary amides is 1. The van der Waals surface area contributed by atoms with Gasteiger partial charge in [0.25, 0.3) is 0 Å². The van der Waals surface area contributed by atoms with Crippen molar-refractivity contribution in [2.75, 3.05) is 0 Å². The molecule has 0 aromatic carbocycles. The molecule has 1 aromatic heterocycles. The molecular weight excluding hydrogens is 240 g/mol. The molecule has 0 bridgehead atoms. The van der Waals surface area contributed by atoms with Gasteiger partial charge in [-0.3, -0.25) is 4.79 Å². The number of nitrogens with two attached hydrogens (primary N) is 1. The summed E-state index contributed by atoms with van der Waals surface area (Å²) in [6.07, 6.45) is 0.273. The minimum absolute atomic E-state index is 0.0138. The zero-order valence-corrected chi connectivity index (χ0v) is 10.6. The molecule has 0 aliphatic rings. The summed E-state index contributed by atoms with van der Waals surface area (Å²) in [5.41, 5.74) is 6.03. The summed E-state index contributed by atoms with van der Waals surface area (Å²) >= 11 is 1.26. The van der Waals surface area contributed by atoms with Gasteiger partial charge < -0.3 is 16.2 Å². The summed E-state index contributed by atoms with van der Waals surface area (Å²) in [4.78, 5) is 22.8. The summed E-state index contributed by atoms with van der Waals surface area (Å²) in [5, 5.41) is 12.0. The van der Waals surface area contributed by atoms with Crippen LogP contribution in [0.15, 0.2) is 6.07 Å². The Labute approximate surface area is 104 Å². The van der Waals surface area contributed by atoms with Gasteiger partial charge in [0.05, 0.1) is 0 Å². The third kappa shape index (κ3) is 4.16. The Kier molecular flexibility index (Phi) is 4.65. The third-order valence-corrected chi connectivity index (χ3v) is 3.46. The second kappa shape index (κ2) is 5.79. The molecule has 0 saturated carbocycles. The van der Waals surface area contributed by atoms with Crippen molar-refractivity contribution >= 4 is 23.2 Å². The van der Waals surface area contributed by atoms with E-state index in [9.17, 15) is 9.59 Å². The maximum absolute atomic E-state index is 10.8. The van der Waals surface area contributed by atoms with Gasteiger partial charge in [-0.1, -0.05) is 0 Å². The van der Waals surface area contributed by atoms with Crippen molar-refractivity contribution in [1.82, 2.24) is 5.32 Å². The van der Waals surface area contributed by atoms with Crippen molar-refractivity contribution in [3.8, 4) is 0 Å². The van der Waals surface area contributed by atoms with E-state index in [1.54, 1.807) is 6.07 Å². The number of carboxylic acids is 1. The largest absolute Gasteiger partial charge is 0.477 e. The first-order valence-corrected chi connectivity index (χ1v) is 6.06. The van der Waals surface area contributed by atoms with E-state index in [2.05, 4.69) is 5.32 Å². The molecule has 1 rings (SSSR count). The number of carbonyl (C=O) groups excluding carboxylic acids is 1. The first kappa shape index (κ1) is 13.7. The fourth-order valence-corrected chi connectivity index (χ4v) is 2.34. The molecule has 1 atom stereocenters. The van der Waals surface area contributed by atoms with Crippen LogP contribution in [-0.4, -0.2) is 23.0 Å².